The van der Waals surface area contributed by atoms with Crippen LogP contribution < -0.4 is 4.74 Å². The van der Waals surface area contributed by atoms with Gasteiger partial charge in [-0.2, -0.15) is 0 Å². The van der Waals surface area contributed by atoms with Crippen LogP contribution in [0, 0.1) is 11.3 Å². The highest BCUT2D eigenvalue weighted by Crippen LogP contribution is 2.30. The average Bonchev–Trinajstić information content (AvgIpc) is 3.12. The number of nitrogens with zero attached hydrogens (tertiary/aromatic N) is 2. The van der Waals surface area contributed by atoms with Crippen LogP contribution in [0.5, 0.6) is 5.75 Å². The van der Waals surface area contributed by atoms with E-state index in [9.17, 15) is 4.79 Å². The molecule has 0 saturated carbocycles. The maximum absolute atomic E-state index is 12.8. The van der Waals surface area contributed by atoms with E-state index in [-0.39, 0.29) is 12.0 Å². The number of rotatable bonds is 6. The summed E-state index contributed by atoms with van der Waals surface area (Å²) in [5.41, 5.74) is 0.943. The molecule has 0 aliphatic carbocycles. The summed E-state index contributed by atoms with van der Waals surface area (Å²) >= 11 is 6.47. The number of hydrogen-bond donors (Lipinski definition) is 0. The summed E-state index contributed by atoms with van der Waals surface area (Å²) < 4.78 is 11.4. The first kappa shape index (κ1) is 22.4. The summed E-state index contributed by atoms with van der Waals surface area (Å²) in [6.45, 7) is 12.3. The normalized spacial score (nSPS) is 21.6. The molecule has 0 N–H and O–H groups in total. The molecule has 2 heterocycles. The van der Waals surface area contributed by atoms with E-state index < -0.39 is 0 Å². The average molecular weight is 423 g/mol. The van der Waals surface area contributed by atoms with Gasteiger partial charge in [0.15, 0.2) is 0 Å². The van der Waals surface area contributed by atoms with Crippen LogP contribution in [-0.4, -0.2) is 68.3 Å². The smallest absolute Gasteiger partial charge is 0.253 e. The molecule has 162 valence electrons. The third kappa shape index (κ3) is 6.34. The third-order valence-corrected chi connectivity index (χ3v) is 5.98. The van der Waals surface area contributed by atoms with Crippen LogP contribution in [0.15, 0.2) is 18.2 Å². The molecular formula is C23H35ClN2O3. The van der Waals surface area contributed by atoms with Crippen molar-refractivity contribution in [3.05, 3.63) is 28.8 Å². The van der Waals surface area contributed by atoms with Gasteiger partial charge in [0, 0.05) is 51.3 Å². The predicted molar refractivity (Wildman–Crippen MR) is 117 cm³/mol. The van der Waals surface area contributed by atoms with E-state index in [1.165, 1.54) is 0 Å². The molecule has 6 heteroatoms. The Bertz CT molecular complexity index is 696. The Hall–Kier alpha value is -1.30. The fourth-order valence-corrected chi connectivity index (χ4v) is 4.56. The van der Waals surface area contributed by atoms with Crippen LogP contribution >= 0.6 is 11.6 Å². The van der Waals surface area contributed by atoms with Crippen LogP contribution in [0.1, 0.15) is 50.4 Å². The van der Waals surface area contributed by atoms with Gasteiger partial charge in [-0.25, -0.2) is 0 Å². The van der Waals surface area contributed by atoms with E-state index in [1.807, 2.05) is 17.0 Å². The minimum Gasteiger partial charge on any atom is -0.489 e. The van der Waals surface area contributed by atoms with Crippen molar-refractivity contribution in [1.82, 2.24) is 9.80 Å². The lowest BCUT2D eigenvalue weighted by atomic mass is 9.94. The molecule has 2 fully saturated rings. The maximum Gasteiger partial charge on any atom is 0.253 e. The molecule has 0 unspecified atom stereocenters. The Morgan fingerprint density at radius 1 is 1.17 bits per heavy atom. The Balaban J connectivity index is 1.53. The second-order valence-electron chi connectivity index (χ2n) is 9.66. The van der Waals surface area contributed by atoms with E-state index in [0.29, 0.717) is 34.3 Å². The van der Waals surface area contributed by atoms with Gasteiger partial charge in [0.25, 0.3) is 5.91 Å². The van der Waals surface area contributed by atoms with Crippen molar-refractivity contribution in [1.29, 1.82) is 0 Å². The van der Waals surface area contributed by atoms with Gasteiger partial charge in [0.05, 0.1) is 11.6 Å². The van der Waals surface area contributed by atoms with Crippen molar-refractivity contribution in [2.75, 3.05) is 46.4 Å². The zero-order chi connectivity index (χ0) is 21.0. The van der Waals surface area contributed by atoms with E-state index >= 15 is 0 Å². The van der Waals surface area contributed by atoms with Crippen LogP contribution in [0.4, 0.5) is 0 Å². The fourth-order valence-electron chi connectivity index (χ4n) is 4.34. The SMILES string of the molecule is COC[C@H]1CCN(C(=O)c2ccc(OC3CCN(CC(C)(C)C)CC3)c(Cl)c2)C1. The number of likely N-dealkylation sites (tertiary alicyclic amines) is 2. The van der Waals surface area contributed by atoms with Crippen molar-refractivity contribution >= 4 is 17.5 Å². The first-order valence-electron chi connectivity index (χ1n) is 10.7. The first-order valence-corrected chi connectivity index (χ1v) is 11.1. The number of carbonyl (C=O) groups excluding carboxylic acids is 1. The lowest BCUT2D eigenvalue weighted by molar-refractivity contribution is 0.0773. The Labute approximate surface area is 180 Å². The zero-order valence-corrected chi connectivity index (χ0v) is 19.0. The molecule has 0 bridgehead atoms. The van der Waals surface area contributed by atoms with Crippen molar-refractivity contribution in [2.24, 2.45) is 11.3 Å². The zero-order valence-electron chi connectivity index (χ0n) is 18.2. The third-order valence-electron chi connectivity index (χ3n) is 5.68. The highest BCUT2D eigenvalue weighted by Gasteiger charge is 2.28. The number of benzene rings is 1. The summed E-state index contributed by atoms with van der Waals surface area (Å²) in [7, 11) is 1.71. The summed E-state index contributed by atoms with van der Waals surface area (Å²) in [6.07, 6.45) is 3.17. The molecule has 0 spiro atoms. The number of piperidine rings is 1. The molecule has 2 aliphatic heterocycles. The van der Waals surface area contributed by atoms with Crippen LogP contribution in [0.3, 0.4) is 0 Å². The summed E-state index contributed by atoms with van der Waals surface area (Å²) in [5, 5.41) is 0.514. The quantitative estimate of drug-likeness (QED) is 0.683. The number of carbonyl (C=O) groups is 1. The molecule has 29 heavy (non-hydrogen) atoms. The van der Waals surface area contributed by atoms with Gasteiger partial charge in [0.2, 0.25) is 0 Å². The molecule has 0 radical (unpaired) electrons. The molecule has 1 atom stereocenters. The summed E-state index contributed by atoms with van der Waals surface area (Å²) in [4.78, 5) is 17.2. The van der Waals surface area contributed by atoms with Crippen molar-refractivity contribution in [3.8, 4) is 5.75 Å². The van der Waals surface area contributed by atoms with Gasteiger partial charge in [-0.3, -0.25) is 4.79 Å². The topological polar surface area (TPSA) is 42.0 Å². The van der Waals surface area contributed by atoms with Gasteiger partial charge in [-0.05, 0) is 42.9 Å². The fraction of sp³-hybridized carbons (Fsp3) is 0.696. The van der Waals surface area contributed by atoms with Crippen LogP contribution in [-0.2, 0) is 4.74 Å². The number of ether oxygens (including phenoxy) is 2. The second kappa shape index (κ2) is 9.67. The minimum absolute atomic E-state index is 0.0348. The minimum atomic E-state index is 0.0348. The molecule has 0 aromatic heterocycles. The van der Waals surface area contributed by atoms with E-state index in [1.54, 1.807) is 13.2 Å². The van der Waals surface area contributed by atoms with E-state index in [0.717, 1.165) is 52.0 Å². The molecule has 5 nitrogen and oxygen atoms in total. The Morgan fingerprint density at radius 3 is 2.52 bits per heavy atom. The Morgan fingerprint density at radius 2 is 1.90 bits per heavy atom. The van der Waals surface area contributed by atoms with Crippen molar-refractivity contribution in [3.63, 3.8) is 0 Å². The van der Waals surface area contributed by atoms with Gasteiger partial charge in [-0.15, -0.1) is 0 Å². The number of halogens is 1. The van der Waals surface area contributed by atoms with Crippen molar-refractivity contribution < 1.29 is 14.3 Å². The monoisotopic (exact) mass is 422 g/mol. The standard InChI is InChI=1S/C23H35ClN2O3/c1-23(2,3)16-25-10-8-19(9-11-25)29-21-6-5-18(13-20(21)24)22(27)26-12-7-17(14-26)15-28-4/h5-6,13,17,19H,7-12,14-16H2,1-4H3/t17-/m0/s1. The Kier molecular flexibility index (Phi) is 7.47. The van der Waals surface area contributed by atoms with E-state index in [4.69, 9.17) is 21.1 Å². The first-order chi connectivity index (χ1) is 13.7. The summed E-state index contributed by atoms with van der Waals surface area (Å²) in [5.74, 6) is 1.13. The number of amides is 1. The predicted octanol–water partition coefficient (Wildman–Crippen LogP) is 4.34. The van der Waals surface area contributed by atoms with Gasteiger partial charge in [0.1, 0.15) is 11.9 Å². The second-order valence-corrected chi connectivity index (χ2v) is 10.1. The molecule has 2 aliphatic rings. The maximum atomic E-state index is 12.8. The van der Waals surface area contributed by atoms with Gasteiger partial charge in [-0.1, -0.05) is 32.4 Å². The van der Waals surface area contributed by atoms with Gasteiger partial charge >= 0.3 is 0 Å². The van der Waals surface area contributed by atoms with Gasteiger partial charge < -0.3 is 19.3 Å². The largest absolute Gasteiger partial charge is 0.489 e. The highest BCUT2D eigenvalue weighted by molar-refractivity contribution is 6.32. The lowest BCUT2D eigenvalue weighted by Crippen LogP contribution is -2.42. The molecule has 1 aromatic carbocycles. The van der Waals surface area contributed by atoms with E-state index in [2.05, 4.69) is 25.7 Å². The molecule has 1 amide bonds. The molecule has 1 aromatic rings. The highest BCUT2D eigenvalue weighted by atomic mass is 35.5. The number of methoxy groups -OCH3 is 1. The van der Waals surface area contributed by atoms with Crippen LogP contribution in [0.2, 0.25) is 5.02 Å². The lowest BCUT2D eigenvalue weighted by Gasteiger charge is -2.36. The summed E-state index contributed by atoms with van der Waals surface area (Å²) in [6, 6.07) is 5.43. The molecule has 2 saturated heterocycles. The number of hydrogen-bond acceptors (Lipinski definition) is 4. The molecular weight excluding hydrogens is 388 g/mol. The molecule has 3 rings (SSSR count). The van der Waals surface area contributed by atoms with Crippen molar-refractivity contribution in [2.45, 2.75) is 46.1 Å². The van der Waals surface area contributed by atoms with Crippen LogP contribution in [0.25, 0.3) is 0 Å².